The highest BCUT2D eigenvalue weighted by Gasteiger charge is 2.22. The summed E-state index contributed by atoms with van der Waals surface area (Å²) in [6.45, 7) is 7.16. The van der Waals surface area contributed by atoms with Crippen LogP contribution >= 0.6 is 35.3 Å². The Labute approximate surface area is 177 Å². The number of fused-ring (bicyclic) bond motifs is 1. The van der Waals surface area contributed by atoms with Gasteiger partial charge in [-0.15, -0.1) is 35.3 Å². The molecule has 5 nitrogen and oxygen atoms in total. The van der Waals surface area contributed by atoms with Gasteiger partial charge in [-0.05, 0) is 31.9 Å². The Bertz CT molecular complexity index is 730. The third-order valence-corrected chi connectivity index (χ3v) is 5.52. The Kier molecular flexibility index (Phi) is 8.15. The van der Waals surface area contributed by atoms with Gasteiger partial charge in [-0.25, -0.2) is 4.98 Å². The summed E-state index contributed by atoms with van der Waals surface area (Å²) in [5.41, 5.74) is 2.83. The Morgan fingerprint density at radius 3 is 2.88 bits per heavy atom. The second-order valence-corrected chi connectivity index (χ2v) is 7.73. The number of para-hydroxylation sites is 1. The fourth-order valence-electron chi connectivity index (χ4n) is 3.20. The number of thiazole rings is 1. The number of aliphatic imine (C=N–C) groups is 1. The Morgan fingerprint density at radius 1 is 1.35 bits per heavy atom. The van der Waals surface area contributed by atoms with Crippen LogP contribution in [0.1, 0.15) is 22.4 Å². The largest absolute Gasteiger partial charge is 0.366 e. The average molecular weight is 485 g/mol. The summed E-state index contributed by atoms with van der Waals surface area (Å²) in [5, 5.41) is 8.00. The standard InChI is InChI=1S/C19H27N5S.HI/c1-14(24-11-9-16-6-4-5-7-17(16)24)12-23-19(20-3)21-10-8-18-22-13-15(2)25-18;/h4-7,13-14H,8-12H2,1-3H3,(H2,20,21,23);1H. The van der Waals surface area contributed by atoms with E-state index in [4.69, 9.17) is 0 Å². The molecule has 2 N–H and O–H groups in total. The van der Waals surface area contributed by atoms with Crippen molar-refractivity contribution in [3.8, 4) is 0 Å². The van der Waals surface area contributed by atoms with Crippen molar-refractivity contribution < 1.29 is 0 Å². The monoisotopic (exact) mass is 485 g/mol. The zero-order valence-electron chi connectivity index (χ0n) is 15.7. The maximum atomic E-state index is 4.40. The van der Waals surface area contributed by atoms with Gasteiger partial charge >= 0.3 is 0 Å². The summed E-state index contributed by atoms with van der Waals surface area (Å²) in [7, 11) is 1.82. The molecule has 26 heavy (non-hydrogen) atoms. The Balaban J connectivity index is 0.00000243. The van der Waals surface area contributed by atoms with E-state index in [0.29, 0.717) is 6.04 Å². The molecule has 0 saturated carbocycles. The zero-order chi connectivity index (χ0) is 17.6. The molecule has 1 aromatic carbocycles. The minimum atomic E-state index is 0. The number of rotatable bonds is 6. The molecular weight excluding hydrogens is 457 g/mol. The minimum absolute atomic E-state index is 0. The van der Waals surface area contributed by atoms with Gasteiger partial charge in [-0.3, -0.25) is 4.99 Å². The summed E-state index contributed by atoms with van der Waals surface area (Å²) in [6, 6.07) is 9.13. The highest BCUT2D eigenvalue weighted by atomic mass is 127. The first-order valence-corrected chi connectivity index (χ1v) is 9.69. The molecule has 0 radical (unpaired) electrons. The van der Waals surface area contributed by atoms with Crippen LogP contribution in [0.4, 0.5) is 5.69 Å². The van der Waals surface area contributed by atoms with Gasteiger partial charge < -0.3 is 15.5 Å². The van der Waals surface area contributed by atoms with Crippen molar-refractivity contribution in [2.45, 2.75) is 32.7 Å². The maximum absolute atomic E-state index is 4.40. The van der Waals surface area contributed by atoms with E-state index in [-0.39, 0.29) is 24.0 Å². The number of nitrogens with one attached hydrogen (secondary N) is 2. The lowest BCUT2D eigenvalue weighted by Gasteiger charge is -2.28. The molecule has 1 atom stereocenters. The van der Waals surface area contributed by atoms with Crippen molar-refractivity contribution in [1.29, 1.82) is 0 Å². The molecule has 1 aliphatic rings. The SMILES string of the molecule is CN=C(NCCc1ncc(C)s1)NCC(C)N1CCc2ccccc21.I. The van der Waals surface area contributed by atoms with Crippen molar-refractivity contribution in [2.24, 2.45) is 4.99 Å². The molecule has 0 amide bonds. The molecule has 0 fully saturated rings. The van der Waals surface area contributed by atoms with Gasteiger partial charge in [-0.2, -0.15) is 0 Å². The topological polar surface area (TPSA) is 52.6 Å². The predicted octanol–water partition coefficient (Wildman–Crippen LogP) is 3.23. The number of anilines is 1. The quantitative estimate of drug-likeness (QED) is 0.375. The van der Waals surface area contributed by atoms with Crippen LogP contribution in [-0.4, -0.2) is 43.7 Å². The predicted molar refractivity (Wildman–Crippen MR) is 122 cm³/mol. The van der Waals surface area contributed by atoms with Crippen LogP contribution in [0.3, 0.4) is 0 Å². The van der Waals surface area contributed by atoms with Crippen molar-refractivity contribution in [2.75, 3.05) is 31.6 Å². The second kappa shape index (κ2) is 10.1. The molecule has 3 rings (SSSR count). The van der Waals surface area contributed by atoms with E-state index in [1.807, 2.05) is 13.2 Å². The highest BCUT2D eigenvalue weighted by Crippen LogP contribution is 2.28. The molecule has 0 aliphatic carbocycles. The fraction of sp³-hybridized carbons (Fsp3) is 0.474. The van der Waals surface area contributed by atoms with E-state index in [1.165, 1.54) is 21.1 Å². The Hall–Kier alpha value is -1.35. The van der Waals surface area contributed by atoms with Gasteiger partial charge in [0, 0.05) is 55.9 Å². The van der Waals surface area contributed by atoms with Crippen LogP contribution < -0.4 is 15.5 Å². The lowest BCUT2D eigenvalue weighted by molar-refractivity contribution is 0.625. The van der Waals surface area contributed by atoms with Gasteiger partial charge in [0.25, 0.3) is 0 Å². The van der Waals surface area contributed by atoms with E-state index in [1.54, 1.807) is 11.3 Å². The average Bonchev–Trinajstić information content (AvgIpc) is 3.23. The molecule has 2 aromatic rings. The van der Waals surface area contributed by atoms with E-state index in [0.717, 1.165) is 38.4 Å². The van der Waals surface area contributed by atoms with Gasteiger partial charge in [0.1, 0.15) is 0 Å². The third-order valence-electron chi connectivity index (χ3n) is 4.54. The summed E-state index contributed by atoms with van der Waals surface area (Å²) in [4.78, 5) is 12.5. The number of hydrogen-bond acceptors (Lipinski definition) is 4. The number of aromatic nitrogens is 1. The molecular formula is C19H28IN5S. The fourth-order valence-corrected chi connectivity index (χ4v) is 3.99. The molecule has 1 unspecified atom stereocenters. The first-order chi connectivity index (χ1) is 12.2. The van der Waals surface area contributed by atoms with Crippen molar-refractivity contribution in [1.82, 2.24) is 15.6 Å². The van der Waals surface area contributed by atoms with Gasteiger partial charge in [0.05, 0.1) is 5.01 Å². The third kappa shape index (κ3) is 5.33. The van der Waals surface area contributed by atoms with Crippen molar-refractivity contribution in [3.63, 3.8) is 0 Å². The number of guanidine groups is 1. The van der Waals surface area contributed by atoms with Crippen LogP contribution in [0, 0.1) is 6.92 Å². The lowest BCUT2D eigenvalue weighted by atomic mass is 10.2. The smallest absolute Gasteiger partial charge is 0.191 e. The van der Waals surface area contributed by atoms with Crippen LogP contribution in [0.15, 0.2) is 35.5 Å². The van der Waals surface area contributed by atoms with E-state index in [9.17, 15) is 0 Å². The van der Waals surface area contributed by atoms with Crippen LogP contribution in [0.2, 0.25) is 0 Å². The molecule has 0 spiro atoms. The number of benzene rings is 1. The molecule has 2 heterocycles. The van der Waals surface area contributed by atoms with Crippen LogP contribution in [0.5, 0.6) is 0 Å². The number of hydrogen-bond donors (Lipinski definition) is 2. The van der Waals surface area contributed by atoms with Gasteiger partial charge in [0.2, 0.25) is 0 Å². The minimum Gasteiger partial charge on any atom is -0.366 e. The molecule has 1 aliphatic heterocycles. The normalized spacial score (nSPS) is 14.6. The number of nitrogens with zero attached hydrogens (tertiary/aromatic N) is 3. The first kappa shape index (κ1) is 21.0. The van der Waals surface area contributed by atoms with Crippen LogP contribution in [0.25, 0.3) is 0 Å². The molecule has 142 valence electrons. The van der Waals surface area contributed by atoms with Gasteiger partial charge in [-0.1, -0.05) is 18.2 Å². The first-order valence-electron chi connectivity index (χ1n) is 8.87. The summed E-state index contributed by atoms with van der Waals surface area (Å²) < 4.78 is 0. The van der Waals surface area contributed by atoms with Crippen molar-refractivity contribution >= 4 is 47.0 Å². The summed E-state index contributed by atoms with van der Waals surface area (Å²) in [6.07, 6.45) is 4.00. The highest BCUT2D eigenvalue weighted by molar-refractivity contribution is 14.0. The number of aryl methyl sites for hydroxylation is 1. The molecule has 0 bridgehead atoms. The molecule has 0 saturated heterocycles. The Morgan fingerprint density at radius 2 is 2.15 bits per heavy atom. The summed E-state index contributed by atoms with van der Waals surface area (Å²) >= 11 is 1.76. The lowest BCUT2D eigenvalue weighted by Crippen LogP contribution is -2.46. The molecule has 7 heteroatoms. The van der Waals surface area contributed by atoms with Gasteiger partial charge in [0.15, 0.2) is 5.96 Å². The van der Waals surface area contributed by atoms with E-state index >= 15 is 0 Å². The van der Waals surface area contributed by atoms with E-state index < -0.39 is 0 Å². The maximum Gasteiger partial charge on any atom is 0.191 e. The second-order valence-electron chi connectivity index (χ2n) is 6.42. The molecule has 1 aromatic heterocycles. The number of halogens is 1. The van der Waals surface area contributed by atoms with Crippen molar-refractivity contribution in [3.05, 3.63) is 45.9 Å². The van der Waals surface area contributed by atoms with E-state index in [2.05, 4.69) is 63.6 Å². The summed E-state index contributed by atoms with van der Waals surface area (Å²) in [5.74, 6) is 0.854. The van der Waals surface area contributed by atoms with Crippen LogP contribution in [-0.2, 0) is 12.8 Å². The zero-order valence-corrected chi connectivity index (χ0v) is 18.8.